The number of nitrogens with two attached hydrogens (primary N) is 1. The van der Waals surface area contributed by atoms with Crippen LogP contribution >= 0.6 is 11.6 Å². The second-order valence-electron chi connectivity index (χ2n) is 3.68. The highest BCUT2D eigenvalue weighted by Crippen LogP contribution is 2.19. The van der Waals surface area contributed by atoms with Gasteiger partial charge in [0.25, 0.3) is 0 Å². The Morgan fingerprint density at radius 2 is 2.27 bits per heavy atom. The Labute approximate surface area is 94.6 Å². The maximum absolute atomic E-state index is 12.8. The second kappa shape index (κ2) is 5.93. The van der Waals surface area contributed by atoms with Crippen molar-refractivity contribution in [2.75, 3.05) is 11.9 Å². The van der Waals surface area contributed by atoms with Crippen LogP contribution in [0.15, 0.2) is 18.2 Å². The normalized spacial score (nSPS) is 12.5. The fourth-order valence-corrected chi connectivity index (χ4v) is 1.44. The zero-order valence-electron chi connectivity index (χ0n) is 8.76. The van der Waals surface area contributed by atoms with E-state index >= 15 is 0 Å². The molecule has 0 bridgehead atoms. The molecule has 0 spiro atoms. The van der Waals surface area contributed by atoms with Crippen molar-refractivity contribution in [2.24, 2.45) is 5.73 Å². The monoisotopic (exact) mass is 230 g/mol. The molecule has 84 valence electrons. The first-order valence-corrected chi connectivity index (χ1v) is 5.42. The van der Waals surface area contributed by atoms with Crippen molar-refractivity contribution in [3.63, 3.8) is 0 Å². The van der Waals surface area contributed by atoms with Crippen molar-refractivity contribution in [3.05, 3.63) is 29.0 Å². The van der Waals surface area contributed by atoms with E-state index in [9.17, 15) is 4.39 Å². The van der Waals surface area contributed by atoms with E-state index in [1.807, 2.05) is 6.92 Å². The largest absolute Gasteiger partial charge is 0.385 e. The minimum atomic E-state index is -0.391. The van der Waals surface area contributed by atoms with Gasteiger partial charge in [0.2, 0.25) is 0 Å². The standard InChI is InChI=1S/C11H16ClFN2/c1-8(14)3-2-6-15-9-4-5-11(13)10(12)7-9/h4-5,7-8,15H,2-3,6,14H2,1H3. The van der Waals surface area contributed by atoms with Crippen LogP contribution in [0.4, 0.5) is 10.1 Å². The van der Waals surface area contributed by atoms with Gasteiger partial charge in [0.1, 0.15) is 5.82 Å². The van der Waals surface area contributed by atoms with E-state index in [1.54, 1.807) is 12.1 Å². The number of rotatable bonds is 5. The molecule has 0 fully saturated rings. The van der Waals surface area contributed by atoms with Crippen LogP contribution in [0.3, 0.4) is 0 Å². The number of hydrogen-bond acceptors (Lipinski definition) is 2. The Morgan fingerprint density at radius 3 is 2.87 bits per heavy atom. The van der Waals surface area contributed by atoms with E-state index in [4.69, 9.17) is 17.3 Å². The van der Waals surface area contributed by atoms with Crippen LogP contribution in [0.5, 0.6) is 0 Å². The molecule has 0 aliphatic heterocycles. The van der Waals surface area contributed by atoms with E-state index < -0.39 is 5.82 Å². The van der Waals surface area contributed by atoms with Crippen LogP contribution in [0.25, 0.3) is 0 Å². The lowest BCUT2D eigenvalue weighted by atomic mass is 10.2. The molecule has 1 aromatic carbocycles. The van der Waals surface area contributed by atoms with Crippen LogP contribution in [-0.4, -0.2) is 12.6 Å². The fraction of sp³-hybridized carbons (Fsp3) is 0.455. The molecule has 1 rings (SSSR count). The highest BCUT2D eigenvalue weighted by Gasteiger charge is 2.00. The van der Waals surface area contributed by atoms with Crippen LogP contribution in [-0.2, 0) is 0 Å². The van der Waals surface area contributed by atoms with E-state index in [2.05, 4.69) is 5.32 Å². The molecule has 0 aliphatic carbocycles. The summed E-state index contributed by atoms with van der Waals surface area (Å²) in [7, 11) is 0. The van der Waals surface area contributed by atoms with Gasteiger partial charge in [0.15, 0.2) is 0 Å². The van der Waals surface area contributed by atoms with Crippen molar-refractivity contribution < 1.29 is 4.39 Å². The van der Waals surface area contributed by atoms with Gasteiger partial charge in [-0.1, -0.05) is 11.6 Å². The van der Waals surface area contributed by atoms with Crippen LogP contribution < -0.4 is 11.1 Å². The second-order valence-corrected chi connectivity index (χ2v) is 4.08. The molecule has 4 heteroatoms. The number of nitrogens with one attached hydrogen (secondary N) is 1. The third-order valence-electron chi connectivity index (χ3n) is 2.08. The molecule has 1 atom stereocenters. The highest BCUT2D eigenvalue weighted by molar-refractivity contribution is 6.31. The lowest BCUT2D eigenvalue weighted by Crippen LogP contribution is -2.16. The van der Waals surface area contributed by atoms with Gasteiger partial charge >= 0.3 is 0 Å². The van der Waals surface area contributed by atoms with Crippen molar-refractivity contribution in [2.45, 2.75) is 25.8 Å². The zero-order valence-corrected chi connectivity index (χ0v) is 9.52. The molecule has 1 aromatic rings. The smallest absolute Gasteiger partial charge is 0.141 e. The Bertz CT molecular complexity index is 315. The summed E-state index contributed by atoms with van der Waals surface area (Å²) in [4.78, 5) is 0. The van der Waals surface area contributed by atoms with Gasteiger partial charge in [-0.3, -0.25) is 0 Å². The van der Waals surface area contributed by atoms with Crippen molar-refractivity contribution in [3.8, 4) is 0 Å². The molecule has 0 heterocycles. The van der Waals surface area contributed by atoms with Gasteiger partial charge in [-0.2, -0.15) is 0 Å². The van der Waals surface area contributed by atoms with Gasteiger partial charge in [-0.25, -0.2) is 4.39 Å². The lowest BCUT2D eigenvalue weighted by Gasteiger charge is -2.08. The maximum Gasteiger partial charge on any atom is 0.141 e. The highest BCUT2D eigenvalue weighted by atomic mass is 35.5. The van der Waals surface area contributed by atoms with Gasteiger partial charge in [-0.05, 0) is 38.0 Å². The number of benzene rings is 1. The third kappa shape index (κ3) is 4.49. The van der Waals surface area contributed by atoms with Crippen LogP contribution in [0.1, 0.15) is 19.8 Å². The topological polar surface area (TPSA) is 38.0 Å². The molecular weight excluding hydrogens is 215 g/mol. The molecule has 0 radical (unpaired) electrons. The lowest BCUT2D eigenvalue weighted by molar-refractivity contribution is 0.628. The third-order valence-corrected chi connectivity index (χ3v) is 2.37. The predicted octanol–water partition coefficient (Wildman–Crippen LogP) is 3.02. The maximum atomic E-state index is 12.8. The summed E-state index contributed by atoms with van der Waals surface area (Å²) in [5.74, 6) is -0.391. The summed E-state index contributed by atoms with van der Waals surface area (Å²) in [6.45, 7) is 2.80. The van der Waals surface area contributed by atoms with Gasteiger partial charge in [-0.15, -0.1) is 0 Å². The first-order valence-electron chi connectivity index (χ1n) is 5.04. The number of hydrogen-bond donors (Lipinski definition) is 2. The summed E-state index contributed by atoms with van der Waals surface area (Å²) >= 11 is 5.64. The Hall–Kier alpha value is -0.800. The molecule has 15 heavy (non-hydrogen) atoms. The Morgan fingerprint density at radius 1 is 1.53 bits per heavy atom. The Kier molecular flexibility index (Phi) is 4.85. The molecular formula is C11H16ClFN2. The molecule has 0 saturated carbocycles. The summed E-state index contributed by atoms with van der Waals surface area (Å²) in [5, 5.41) is 3.31. The summed E-state index contributed by atoms with van der Waals surface area (Å²) < 4.78 is 12.8. The van der Waals surface area contributed by atoms with Crippen LogP contribution in [0.2, 0.25) is 5.02 Å². The molecule has 0 saturated heterocycles. The van der Waals surface area contributed by atoms with Gasteiger partial charge < -0.3 is 11.1 Å². The molecule has 0 aromatic heterocycles. The van der Waals surface area contributed by atoms with E-state index in [0.717, 1.165) is 25.1 Å². The first kappa shape index (κ1) is 12.3. The average molecular weight is 231 g/mol. The fourth-order valence-electron chi connectivity index (χ4n) is 1.26. The molecule has 0 aliphatic rings. The van der Waals surface area contributed by atoms with E-state index in [1.165, 1.54) is 6.07 Å². The minimum Gasteiger partial charge on any atom is -0.385 e. The zero-order chi connectivity index (χ0) is 11.3. The number of anilines is 1. The summed E-state index contributed by atoms with van der Waals surface area (Å²) in [6, 6.07) is 4.84. The predicted molar refractivity (Wildman–Crippen MR) is 62.8 cm³/mol. The van der Waals surface area contributed by atoms with E-state index in [0.29, 0.717) is 0 Å². The molecule has 2 nitrogen and oxygen atoms in total. The molecule has 1 unspecified atom stereocenters. The Balaban J connectivity index is 2.35. The van der Waals surface area contributed by atoms with Crippen LogP contribution in [0, 0.1) is 5.82 Å². The molecule has 3 N–H and O–H groups in total. The SMILES string of the molecule is CC(N)CCCNc1ccc(F)c(Cl)c1. The number of halogens is 2. The van der Waals surface area contributed by atoms with Crippen molar-refractivity contribution in [1.82, 2.24) is 0 Å². The van der Waals surface area contributed by atoms with Gasteiger partial charge in [0, 0.05) is 18.3 Å². The first-order chi connectivity index (χ1) is 7.09. The van der Waals surface area contributed by atoms with Crippen molar-refractivity contribution in [1.29, 1.82) is 0 Å². The van der Waals surface area contributed by atoms with E-state index in [-0.39, 0.29) is 11.1 Å². The van der Waals surface area contributed by atoms with Gasteiger partial charge in [0.05, 0.1) is 5.02 Å². The quantitative estimate of drug-likeness (QED) is 0.764. The average Bonchev–Trinajstić information content (AvgIpc) is 2.18. The molecule has 0 amide bonds. The summed E-state index contributed by atoms with van der Waals surface area (Å²) in [5.41, 5.74) is 6.46. The summed E-state index contributed by atoms with van der Waals surface area (Å²) in [6.07, 6.45) is 1.97. The minimum absolute atomic E-state index is 0.146. The van der Waals surface area contributed by atoms with Crippen molar-refractivity contribution >= 4 is 17.3 Å².